The van der Waals surface area contributed by atoms with Gasteiger partial charge in [-0.25, -0.2) is 0 Å². The van der Waals surface area contributed by atoms with Crippen molar-refractivity contribution in [2.45, 2.75) is 5.33 Å². The van der Waals surface area contributed by atoms with Crippen LogP contribution in [0.1, 0.15) is 5.56 Å². The second kappa shape index (κ2) is 5.81. The highest BCUT2D eigenvalue weighted by Gasteiger charge is 2.06. The highest BCUT2D eigenvalue weighted by Crippen LogP contribution is 2.31. The van der Waals surface area contributed by atoms with Gasteiger partial charge in [-0.1, -0.05) is 51.8 Å². The smallest absolute Gasteiger partial charge is 0.153 e. The Balaban J connectivity index is 1.99. The molecule has 0 aliphatic heterocycles. The van der Waals surface area contributed by atoms with Gasteiger partial charge in [-0.15, -0.1) is 0 Å². The number of pyridine rings is 1. The van der Waals surface area contributed by atoms with Crippen molar-refractivity contribution in [3.63, 3.8) is 0 Å². The van der Waals surface area contributed by atoms with Crippen molar-refractivity contribution in [3.05, 3.63) is 65.3 Å². The first-order chi connectivity index (χ1) is 9.78. The molecule has 2 aromatic carbocycles. The van der Waals surface area contributed by atoms with Gasteiger partial charge in [0.1, 0.15) is 11.3 Å². The van der Waals surface area contributed by atoms with Crippen LogP contribution in [-0.2, 0) is 5.33 Å². The van der Waals surface area contributed by atoms with Gasteiger partial charge in [-0.05, 0) is 29.8 Å². The molecule has 0 amide bonds. The summed E-state index contributed by atoms with van der Waals surface area (Å²) in [6.45, 7) is 0. The number of fused-ring (bicyclic) bond motifs is 1. The van der Waals surface area contributed by atoms with Crippen LogP contribution in [0.15, 0.2) is 54.7 Å². The van der Waals surface area contributed by atoms with E-state index >= 15 is 0 Å². The topological polar surface area (TPSA) is 22.1 Å². The number of alkyl halides is 1. The van der Waals surface area contributed by atoms with Crippen LogP contribution in [0.2, 0.25) is 5.02 Å². The molecular weight excluding hydrogens is 338 g/mol. The number of rotatable bonds is 3. The minimum atomic E-state index is 0.688. The molecule has 4 heteroatoms. The van der Waals surface area contributed by atoms with Gasteiger partial charge in [0, 0.05) is 21.9 Å². The summed E-state index contributed by atoms with van der Waals surface area (Å²) in [7, 11) is 0. The maximum absolute atomic E-state index is 6.19. The first-order valence-electron chi connectivity index (χ1n) is 6.14. The van der Waals surface area contributed by atoms with E-state index in [9.17, 15) is 0 Å². The Labute approximate surface area is 130 Å². The first-order valence-corrected chi connectivity index (χ1v) is 7.64. The van der Waals surface area contributed by atoms with Crippen molar-refractivity contribution < 1.29 is 4.74 Å². The molecular formula is C16H11BrClNO. The summed E-state index contributed by atoms with van der Waals surface area (Å²) in [5.41, 5.74) is 1.88. The SMILES string of the molecule is Clc1cc(Oc2cccc3cccnc23)ccc1CBr. The van der Waals surface area contributed by atoms with Crippen molar-refractivity contribution in [1.82, 2.24) is 4.98 Å². The molecule has 0 saturated carbocycles. The van der Waals surface area contributed by atoms with Gasteiger partial charge in [-0.3, -0.25) is 4.98 Å². The Morgan fingerprint density at radius 3 is 2.75 bits per heavy atom. The molecule has 0 fully saturated rings. The quantitative estimate of drug-likeness (QED) is 0.577. The number of aromatic nitrogens is 1. The number of hydrogen-bond donors (Lipinski definition) is 0. The summed E-state index contributed by atoms with van der Waals surface area (Å²) in [4.78, 5) is 4.37. The predicted molar refractivity (Wildman–Crippen MR) is 85.9 cm³/mol. The van der Waals surface area contributed by atoms with Crippen LogP contribution < -0.4 is 4.74 Å². The van der Waals surface area contributed by atoms with E-state index in [0.717, 1.165) is 27.5 Å². The Morgan fingerprint density at radius 1 is 1.10 bits per heavy atom. The molecule has 2 nitrogen and oxygen atoms in total. The van der Waals surface area contributed by atoms with Gasteiger partial charge in [0.15, 0.2) is 5.75 Å². The number of benzene rings is 2. The Bertz CT molecular complexity index is 755. The Hall–Kier alpha value is -1.58. The van der Waals surface area contributed by atoms with Crippen LogP contribution in [0.3, 0.4) is 0 Å². The molecule has 20 heavy (non-hydrogen) atoms. The summed E-state index contributed by atoms with van der Waals surface area (Å²) in [6, 6.07) is 15.5. The van der Waals surface area contributed by atoms with E-state index in [1.807, 2.05) is 48.5 Å². The average Bonchev–Trinajstić information content (AvgIpc) is 2.48. The highest BCUT2D eigenvalue weighted by atomic mass is 79.9. The summed E-state index contributed by atoms with van der Waals surface area (Å²) in [5.74, 6) is 1.43. The van der Waals surface area contributed by atoms with Crippen molar-refractivity contribution in [2.75, 3.05) is 0 Å². The lowest BCUT2D eigenvalue weighted by Crippen LogP contribution is -1.89. The lowest BCUT2D eigenvalue weighted by atomic mass is 10.2. The molecule has 0 unspecified atom stereocenters. The van der Waals surface area contributed by atoms with E-state index in [1.54, 1.807) is 6.20 Å². The van der Waals surface area contributed by atoms with Gasteiger partial charge in [0.2, 0.25) is 0 Å². The minimum Gasteiger partial charge on any atom is -0.455 e. The summed E-state index contributed by atoms with van der Waals surface area (Å²) >= 11 is 9.59. The van der Waals surface area contributed by atoms with Gasteiger partial charge in [0.25, 0.3) is 0 Å². The largest absolute Gasteiger partial charge is 0.455 e. The zero-order valence-electron chi connectivity index (χ0n) is 10.5. The first kappa shape index (κ1) is 13.4. The van der Waals surface area contributed by atoms with Crippen LogP contribution in [0.4, 0.5) is 0 Å². The fourth-order valence-electron chi connectivity index (χ4n) is 1.99. The Kier molecular flexibility index (Phi) is 3.90. The van der Waals surface area contributed by atoms with E-state index in [4.69, 9.17) is 16.3 Å². The molecule has 3 rings (SSSR count). The second-order valence-corrected chi connectivity index (χ2v) is 5.29. The molecule has 0 aliphatic carbocycles. The third-order valence-corrected chi connectivity index (χ3v) is 3.95. The summed E-state index contributed by atoms with van der Waals surface area (Å²) < 4.78 is 5.91. The van der Waals surface area contributed by atoms with Crippen LogP contribution in [0.5, 0.6) is 11.5 Å². The zero-order chi connectivity index (χ0) is 13.9. The van der Waals surface area contributed by atoms with Crippen molar-refractivity contribution in [1.29, 1.82) is 0 Å². The van der Waals surface area contributed by atoms with Crippen molar-refractivity contribution in [2.24, 2.45) is 0 Å². The average molecular weight is 349 g/mol. The number of nitrogens with zero attached hydrogens (tertiary/aromatic N) is 1. The van der Waals surface area contributed by atoms with Crippen LogP contribution in [-0.4, -0.2) is 4.98 Å². The molecule has 3 aromatic rings. The fraction of sp³-hybridized carbons (Fsp3) is 0.0625. The molecule has 100 valence electrons. The van der Waals surface area contributed by atoms with Gasteiger partial charge in [-0.2, -0.15) is 0 Å². The lowest BCUT2D eigenvalue weighted by Gasteiger charge is -2.09. The minimum absolute atomic E-state index is 0.688. The lowest BCUT2D eigenvalue weighted by molar-refractivity contribution is 0.487. The van der Waals surface area contributed by atoms with E-state index in [-0.39, 0.29) is 0 Å². The molecule has 0 aliphatic rings. The van der Waals surface area contributed by atoms with E-state index in [0.29, 0.717) is 10.8 Å². The molecule has 1 heterocycles. The number of hydrogen-bond acceptors (Lipinski definition) is 2. The highest BCUT2D eigenvalue weighted by molar-refractivity contribution is 9.08. The van der Waals surface area contributed by atoms with Gasteiger partial charge < -0.3 is 4.74 Å². The molecule has 0 spiro atoms. The molecule has 0 N–H and O–H groups in total. The summed E-state index contributed by atoms with van der Waals surface area (Å²) in [5, 5.41) is 2.46. The molecule has 1 aromatic heterocycles. The molecule has 0 saturated heterocycles. The maximum Gasteiger partial charge on any atom is 0.153 e. The van der Waals surface area contributed by atoms with E-state index in [1.165, 1.54) is 0 Å². The molecule has 0 radical (unpaired) electrons. The van der Waals surface area contributed by atoms with Crippen LogP contribution in [0.25, 0.3) is 10.9 Å². The van der Waals surface area contributed by atoms with E-state index < -0.39 is 0 Å². The van der Waals surface area contributed by atoms with Crippen LogP contribution >= 0.6 is 27.5 Å². The number of ether oxygens (including phenoxy) is 1. The second-order valence-electron chi connectivity index (χ2n) is 4.32. The molecule has 0 bridgehead atoms. The monoisotopic (exact) mass is 347 g/mol. The van der Waals surface area contributed by atoms with Crippen LogP contribution in [0, 0.1) is 0 Å². The zero-order valence-corrected chi connectivity index (χ0v) is 12.9. The van der Waals surface area contributed by atoms with Gasteiger partial charge >= 0.3 is 0 Å². The Morgan fingerprint density at radius 2 is 1.95 bits per heavy atom. The number of halogens is 2. The fourth-order valence-corrected chi connectivity index (χ4v) is 2.87. The maximum atomic E-state index is 6.19. The third kappa shape index (κ3) is 2.65. The number of para-hydroxylation sites is 1. The van der Waals surface area contributed by atoms with E-state index in [2.05, 4.69) is 20.9 Å². The van der Waals surface area contributed by atoms with Gasteiger partial charge in [0.05, 0.1) is 0 Å². The third-order valence-electron chi connectivity index (χ3n) is 2.99. The molecule has 0 atom stereocenters. The predicted octanol–water partition coefficient (Wildman–Crippen LogP) is 5.58. The van der Waals surface area contributed by atoms with Crippen molar-refractivity contribution in [3.8, 4) is 11.5 Å². The normalized spacial score (nSPS) is 10.7. The van der Waals surface area contributed by atoms with Crippen molar-refractivity contribution >= 4 is 38.4 Å². The summed E-state index contributed by atoms with van der Waals surface area (Å²) in [6.07, 6.45) is 1.76. The standard InChI is InChI=1S/C16H11BrClNO/c17-10-12-6-7-13(9-14(12)18)20-15-5-1-3-11-4-2-8-19-16(11)15/h1-9H,10H2.